The van der Waals surface area contributed by atoms with Crippen LogP contribution < -0.4 is 10.6 Å². The zero-order valence-corrected chi connectivity index (χ0v) is 17.5. The van der Waals surface area contributed by atoms with Gasteiger partial charge in [-0.15, -0.1) is 10.2 Å². The second kappa shape index (κ2) is 7.56. The molecule has 3 heterocycles. The Bertz CT molecular complexity index is 1470. The van der Waals surface area contributed by atoms with Crippen molar-refractivity contribution in [3.8, 4) is 22.5 Å². The van der Waals surface area contributed by atoms with Crippen molar-refractivity contribution in [3.05, 3.63) is 42.5 Å². The predicted octanol–water partition coefficient (Wildman–Crippen LogP) is 2.14. The first-order valence-corrected chi connectivity index (χ1v) is 10.1. The third-order valence-corrected chi connectivity index (χ3v) is 5.45. The second-order valence-electron chi connectivity index (χ2n) is 7.81. The number of aryl methyl sites for hydroxylation is 2. The van der Waals surface area contributed by atoms with E-state index in [1.165, 1.54) is 0 Å². The van der Waals surface area contributed by atoms with Crippen LogP contribution in [0.3, 0.4) is 0 Å². The van der Waals surface area contributed by atoms with Crippen LogP contribution in [0.15, 0.2) is 36.8 Å². The fraction of sp³-hybridized carbons (Fsp3) is 0.273. The molecule has 162 valence electrons. The molecule has 32 heavy (non-hydrogen) atoms. The molecule has 1 aliphatic carbocycles. The first-order chi connectivity index (χ1) is 16.6. The summed E-state index contributed by atoms with van der Waals surface area (Å²) in [6.07, 6.45) is 5.06. The molecule has 0 radical (unpaired) electrons. The molecule has 1 fully saturated rings. The molecule has 0 aliphatic heterocycles. The zero-order valence-electron chi connectivity index (χ0n) is 20.5. The summed E-state index contributed by atoms with van der Waals surface area (Å²) in [5.74, 6) is -0.387. The lowest BCUT2D eigenvalue weighted by Gasteiger charge is -2.09. The van der Waals surface area contributed by atoms with Crippen LogP contribution in [0.25, 0.3) is 33.4 Å². The molecule has 0 atom stereocenters. The van der Waals surface area contributed by atoms with Crippen molar-refractivity contribution in [3.63, 3.8) is 0 Å². The SMILES string of the molecule is [2H]C([2H])([2H])NC(=O)c1nnc(NC(=O)C2CC2)cc1-c1cn(C)c2c(-c3ncn(C)n3)cccc12. The van der Waals surface area contributed by atoms with Crippen LogP contribution >= 0.6 is 0 Å². The van der Waals surface area contributed by atoms with Crippen molar-refractivity contribution >= 4 is 28.5 Å². The fourth-order valence-corrected chi connectivity index (χ4v) is 3.79. The quantitative estimate of drug-likeness (QED) is 0.498. The molecular weight excluding hydrogens is 408 g/mol. The number of hydrogen-bond acceptors (Lipinski definition) is 6. The van der Waals surface area contributed by atoms with Gasteiger partial charge in [0.15, 0.2) is 17.3 Å². The lowest BCUT2D eigenvalue weighted by Crippen LogP contribution is -2.22. The number of nitrogens with one attached hydrogen (secondary N) is 2. The summed E-state index contributed by atoms with van der Waals surface area (Å²) in [6.45, 7) is -2.70. The molecule has 0 unspecified atom stereocenters. The van der Waals surface area contributed by atoms with E-state index in [9.17, 15) is 9.59 Å². The van der Waals surface area contributed by atoms with Gasteiger partial charge in [-0.3, -0.25) is 14.3 Å². The highest BCUT2D eigenvalue weighted by Gasteiger charge is 2.30. The molecule has 10 nitrogen and oxygen atoms in total. The largest absolute Gasteiger partial charge is 0.354 e. The molecule has 1 aliphatic rings. The van der Waals surface area contributed by atoms with Gasteiger partial charge < -0.3 is 15.2 Å². The van der Waals surface area contributed by atoms with Crippen LogP contribution in [0.2, 0.25) is 0 Å². The van der Waals surface area contributed by atoms with Gasteiger partial charge >= 0.3 is 0 Å². The highest BCUT2D eigenvalue weighted by molar-refractivity contribution is 6.08. The topological polar surface area (TPSA) is 120 Å². The second-order valence-corrected chi connectivity index (χ2v) is 7.81. The molecule has 2 N–H and O–H groups in total. The van der Waals surface area contributed by atoms with Crippen LogP contribution in [-0.4, -0.2) is 48.3 Å². The minimum absolute atomic E-state index is 0.0511. The van der Waals surface area contributed by atoms with E-state index < -0.39 is 12.9 Å². The van der Waals surface area contributed by atoms with Gasteiger partial charge in [-0.05, 0) is 25.0 Å². The van der Waals surface area contributed by atoms with Gasteiger partial charge in [-0.1, -0.05) is 12.1 Å². The van der Waals surface area contributed by atoms with Crippen LogP contribution in [0, 0.1) is 5.92 Å². The van der Waals surface area contributed by atoms with E-state index in [2.05, 4.69) is 25.6 Å². The minimum Gasteiger partial charge on any atom is -0.354 e. The van der Waals surface area contributed by atoms with Gasteiger partial charge in [-0.2, -0.15) is 5.10 Å². The number of benzene rings is 1. The van der Waals surface area contributed by atoms with Crippen LogP contribution in [0.5, 0.6) is 0 Å². The van der Waals surface area contributed by atoms with Gasteiger partial charge in [-0.25, -0.2) is 4.98 Å². The van der Waals surface area contributed by atoms with Crippen LogP contribution in [-0.2, 0) is 18.9 Å². The molecule has 4 aromatic rings. The van der Waals surface area contributed by atoms with E-state index in [4.69, 9.17) is 4.11 Å². The van der Waals surface area contributed by atoms with E-state index in [0.717, 1.165) is 29.3 Å². The third-order valence-electron chi connectivity index (χ3n) is 5.45. The number of rotatable bonds is 5. The number of aromatic nitrogens is 6. The lowest BCUT2D eigenvalue weighted by atomic mass is 10.0. The van der Waals surface area contributed by atoms with E-state index in [0.29, 0.717) is 17.0 Å². The molecular formula is C22H22N8O2. The number of carbonyl (C=O) groups is 2. The molecule has 10 heteroatoms. The summed E-state index contributed by atoms with van der Waals surface area (Å²) in [6, 6.07) is 7.17. The lowest BCUT2D eigenvalue weighted by molar-refractivity contribution is -0.117. The molecule has 0 spiro atoms. The third kappa shape index (κ3) is 3.39. The molecule has 0 bridgehead atoms. The van der Waals surface area contributed by atoms with Crippen molar-refractivity contribution in [2.24, 2.45) is 20.0 Å². The van der Waals surface area contributed by atoms with E-state index in [1.54, 1.807) is 24.1 Å². The fourth-order valence-electron chi connectivity index (χ4n) is 3.79. The maximum absolute atomic E-state index is 12.8. The minimum atomic E-state index is -2.70. The smallest absolute Gasteiger partial charge is 0.272 e. The number of hydrogen-bond donors (Lipinski definition) is 2. The Kier molecular flexibility index (Phi) is 3.92. The van der Waals surface area contributed by atoms with Crippen molar-refractivity contribution in [2.75, 3.05) is 12.3 Å². The van der Waals surface area contributed by atoms with E-state index >= 15 is 0 Å². The highest BCUT2D eigenvalue weighted by atomic mass is 16.2. The Hall–Kier alpha value is -4.08. The van der Waals surface area contributed by atoms with Crippen LogP contribution in [0.4, 0.5) is 5.82 Å². The highest BCUT2D eigenvalue weighted by Crippen LogP contribution is 2.37. The summed E-state index contributed by atoms with van der Waals surface area (Å²) in [4.78, 5) is 29.5. The standard InChI is InChI=1S/C22H22N8O2/c1-23-22(32)18-15(9-17(26-27-18)25-21(31)12-7-8-12)16-10-29(2)19-13(16)5-4-6-14(19)20-24-11-30(3)28-20/h4-6,9-12H,7-8H2,1-3H3,(H,23,32)(H,25,26,31)/i1D3. The maximum atomic E-state index is 12.8. The molecule has 1 saturated carbocycles. The van der Waals surface area contributed by atoms with Crippen molar-refractivity contribution in [2.45, 2.75) is 12.8 Å². The number of fused-ring (bicyclic) bond motifs is 1. The maximum Gasteiger partial charge on any atom is 0.272 e. The van der Waals surface area contributed by atoms with Crippen molar-refractivity contribution < 1.29 is 13.7 Å². The van der Waals surface area contributed by atoms with Gasteiger partial charge in [0.05, 0.1) is 5.52 Å². The first kappa shape index (κ1) is 16.6. The average molecular weight is 433 g/mol. The number of amides is 2. The van der Waals surface area contributed by atoms with Crippen molar-refractivity contribution in [1.82, 2.24) is 34.8 Å². The summed E-state index contributed by atoms with van der Waals surface area (Å²) in [5, 5.41) is 17.9. The number of nitrogens with zero attached hydrogens (tertiary/aromatic N) is 6. The van der Waals surface area contributed by atoms with E-state index in [1.807, 2.05) is 41.3 Å². The number of para-hydroxylation sites is 1. The normalized spacial score (nSPS) is 15.1. The van der Waals surface area contributed by atoms with Crippen LogP contribution in [0.1, 0.15) is 27.4 Å². The molecule has 5 rings (SSSR count). The van der Waals surface area contributed by atoms with Gasteiger partial charge in [0.1, 0.15) is 6.33 Å². The Morgan fingerprint density at radius 1 is 1.16 bits per heavy atom. The Balaban J connectivity index is 1.67. The summed E-state index contributed by atoms with van der Waals surface area (Å²) >= 11 is 0. The number of anilines is 1. The van der Waals surface area contributed by atoms with E-state index in [-0.39, 0.29) is 23.3 Å². The zero-order chi connectivity index (χ0) is 24.9. The Morgan fingerprint density at radius 3 is 2.72 bits per heavy atom. The van der Waals surface area contributed by atoms with Gasteiger partial charge in [0.2, 0.25) is 5.91 Å². The molecule has 1 aromatic carbocycles. The molecule has 0 saturated heterocycles. The first-order valence-electron chi connectivity index (χ1n) is 11.6. The Labute approximate surface area is 187 Å². The van der Waals surface area contributed by atoms with Crippen molar-refractivity contribution in [1.29, 1.82) is 0 Å². The summed E-state index contributed by atoms with van der Waals surface area (Å²) < 4.78 is 25.7. The monoisotopic (exact) mass is 433 g/mol. The summed E-state index contributed by atoms with van der Waals surface area (Å²) in [7, 11) is 3.63. The number of carbonyl (C=O) groups excluding carboxylic acids is 2. The Morgan fingerprint density at radius 2 is 2.00 bits per heavy atom. The predicted molar refractivity (Wildman–Crippen MR) is 119 cm³/mol. The molecule has 2 amide bonds. The van der Waals surface area contributed by atoms with Gasteiger partial charge in [0, 0.05) is 59.4 Å². The molecule has 3 aromatic heterocycles. The average Bonchev–Trinajstić information content (AvgIpc) is 3.48. The summed E-state index contributed by atoms with van der Waals surface area (Å²) in [5.41, 5.74) is 2.39. The van der Waals surface area contributed by atoms with Gasteiger partial charge in [0.25, 0.3) is 5.91 Å².